The highest BCUT2D eigenvalue weighted by Crippen LogP contribution is 2.38. The van der Waals surface area contributed by atoms with E-state index >= 15 is 0 Å². The van der Waals surface area contributed by atoms with E-state index in [-0.39, 0.29) is 18.3 Å². The van der Waals surface area contributed by atoms with E-state index in [2.05, 4.69) is 26.6 Å². The smallest absolute Gasteiger partial charge is 0.251 e. The SMILES string of the molecule is Cl.O=C(NCC1CNC1)c1cc(Br)c2c(c1)OCCO2. The number of amides is 1. The minimum atomic E-state index is -0.0791. The van der Waals surface area contributed by atoms with Gasteiger partial charge in [0.2, 0.25) is 0 Å². The number of hydrogen-bond acceptors (Lipinski definition) is 4. The van der Waals surface area contributed by atoms with Crippen molar-refractivity contribution in [3.8, 4) is 11.5 Å². The van der Waals surface area contributed by atoms with Crippen LogP contribution in [-0.2, 0) is 0 Å². The van der Waals surface area contributed by atoms with Gasteiger partial charge in [-0.05, 0) is 28.1 Å². The third kappa shape index (κ3) is 3.19. The lowest BCUT2D eigenvalue weighted by molar-refractivity contribution is 0.0941. The van der Waals surface area contributed by atoms with E-state index in [9.17, 15) is 4.79 Å². The first-order valence-corrected chi connectivity index (χ1v) is 7.11. The van der Waals surface area contributed by atoms with E-state index in [1.165, 1.54) is 0 Å². The van der Waals surface area contributed by atoms with Crippen molar-refractivity contribution in [2.75, 3.05) is 32.8 Å². The zero-order valence-corrected chi connectivity index (χ0v) is 13.2. The quantitative estimate of drug-likeness (QED) is 0.856. The topological polar surface area (TPSA) is 59.6 Å². The van der Waals surface area contributed by atoms with Crippen LogP contribution in [0.25, 0.3) is 0 Å². The zero-order chi connectivity index (χ0) is 13.2. The summed E-state index contributed by atoms with van der Waals surface area (Å²) in [6, 6.07) is 3.50. The Labute approximate surface area is 131 Å². The maximum atomic E-state index is 12.1. The monoisotopic (exact) mass is 362 g/mol. The molecule has 2 aliphatic heterocycles. The number of halogens is 2. The molecule has 110 valence electrons. The Morgan fingerprint density at radius 2 is 2.10 bits per heavy atom. The van der Waals surface area contributed by atoms with E-state index in [4.69, 9.17) is 9.47 Å². The standard InChI is InChI=1S/C13H15BrN2O3.ClH/c14-10-3-9(4-11-12(10)19-2-1-18-11)13(17)16-7-8-5-15-6-8;/h3-4,8,15H,1-2,5-7H2,(H,16,17);1H. The molecule has 5 nitrogen and oxygen atoms in total. The van der Waals surface area contributed by atoms with E-state index in [1.807, 2.05) is 0 Å². The Bertz CT molecular complexity index is 509. The van der Waals surface area contributed by atoms with E-state index < -0.39 is 0 Å². The Kier molecular flexibility index (Phi) is 5.12. The molecule has 0 unspecified atom stereocenters. The molecule has 2 aliphatic rings. The number of benzene rings is 1. The summed E-state index contributed by atoms with van der Waals surface area (Å²) in [5.74, 6) is 1.76. The van der Waals surface area contributed by atoms with Gasteiger partial charge in [0, 0.05) is 31.1 Å². The molecule has 1 aromatic rings. The summed E-state index contributed by atoms with van der Waals surface area (Å²) in [6.45, 7) is 3.71. The second-order valence-electron chi connectivity index (χ2n) is 4.72. The number of carbonyl (C=O) groups is 1. The van der Waals surface area contributed by atoms with Crippen molar-refractivity contribution >= 4 is 34.2 Å². The van der Waals surface area contributed by atoms with Crippen LogP contribution in [0, 0.1) is 5.92 Å². The predicted molar refractivity (Wildman–Crippen MR) is 81.1 cm³/mol. The van der Waals surface area contributed by atoms with Crippen molar-refractivity contribution in [2.24, 2.45) is 5.92 Å². The van der Waals surface area contributed by atoms with Crippen LogP contribution in [0.5, 0.6) is 11.5 Å². The Hall–Kier alpha value is -0.980. The molecule has 0 bridgehead atoms. The fraction of sp³-hybridized carbons (Fsp3) is 0.462. The molecule has 0 spiro atoms. The lowest BCUT2D eigenvalue weighted by Crippen LogP contribution is -2.48. The Morgan fingerprint density at radius 1 is 1.35 bits per heavy atom. The highest BCUT2D eigenvalue weighted by atomic mass is 79.9. The average molecular weight is 364 g/mol. The van der Waals surface area contributed by atoms with Crippen molar-refractivity contribution < 1.29 is 14.3 Å². The second kappa shape index (κ2) is 6.65. The van der Waals surface area contributed by atoms with Crippen LogP contribution >= 0.6 is 28.3 Å². The zero-order valence-electron chi connectivity index (χ0n) is 10.8. The van der Waals surface area contributed by atoms with Crippen molar-refractivity contribution in [3.63, 3.8) is 0 Å². The van der Waals surface area contributed by atoms with Gasteiger partial charge in [-0.3, -0.25) is 4.79 Å². The predicted octanol–water partition coefficient (Wildman–Crippen LogP) is 1.59. The molecule has 1 fully saturated rings. The van der Waals surface area contributed by atoms with Gasteiger partial charge in [-0.1, -0.05) is 0 Å². The molecule has 0 atom stereocenters. The molecule has 1 saturated heterocycles. The Balaban J connectivity index is 0.00000147. The van der Waals surface area contributed by atoms with Crippen molar-refractivity contribution in [1.29, 1.82) is 0 Å². The summed E-state index contributed by atoms with van der Waals surface area (Å²) in [5, 5.41) is 6.12. The van der Waals surface area contributed by atoms with Gasteiger partial charge in [0.05, 0.1) is 4.47 Å². The molecule has 3 rings (SSSR count). The first-order valence-electron chi connectivity index (χ1n) is 6.32. The van der Waals surface area contributed by atoms with E-state index in [0.29, 0.717) is 42.7 Å². The molecule has 0 radical (unpaired) electrons. The van der Waals surface area contributed by atoms with Crippen LogP contribution in [0.15, 0.2) is 16.6 Å². The summed E-state index contributed by atoms with van der Waals surface area (Å²) >= 11 is 3.41. The molecule has 0 aliphatic carbocycles. The average Bonchev–Trinajstić information content (AvgIpc) is 2.36. The molecule has 1 amide bonds. The molecule has 2 heterocycles. The van der Waals surface area contributed by atoms with Gasteiger partial charge in [-0.2, -0.15) is 0 Å². The van der Waals surface area contributed by atoms with Gasteiger partial charge in [-0.25, -0.2) is 0 Å². The minimum absolute atomic E-state index is 0. The van der Waals surface area contributed by atoms with Gasteiger partial charge >= 0.3 is 0 Å². The third-order valence-corrected chi connectivity index (χ3v) is 3.87. The van der Waals surface area contributed by atoms with E-state index in [0.717, 1.165) is 17.6 Å². The van der Waals surface area contributed by atoms with Gasteiger partial charge in [0.25, 0.3) is 5.91 Å². The Morgan fingerprint density at radius 3 is 2.80 bits per heavy atom. The lowest BCUT2D eigenvalue weighted by atomic mass is 10.0. The lowest BCUT2D eigenvalue weighted by Gasteiger charge is -2.27. The number of nitrogens with one attached hydrogen (secondary N) is 2. The highest BCUT2D eigenvalue weighted by Gasteiger charge is 2.21. The number of rotatable bonds is 3. The van der Waals surface area contributed by atoms with Crippen molar-refractivity contribution in [3.05, 3.63) is 22.2 Å². The fourth-order valence-corrected chi connectivity index (χ4v) is 2.63. The summed E-state index contributed by atoms with van der Waals surface area (Å²) < 4.78 is 11.8. The van der Waals surface area contributed by atoms with Crippen LogP contribution in [0.4, 0.5) is 0 Å². The van der Waals surface area contributed by atoms with E-state index in [1.54, 1.807) is 12.1 Å². The number of fused-ring (bicyclic) bond motifs is 1. The van der Waals surface area contributed by atoms with Crippen LogP contribution in [0.2, 0.25) is 0 Å². The first kappa shape index (κ1) is 15.4. The first-order chi connectivity index (χ1) is 9.24. The van der Waals surface area contributed by atoms with Gasteiger partial charge < -0.3 is 20.1 Å². The highest BCUT2D eigenvalue weighted by molar-refractivity contribution is 9.10. The van der Waals surface area contributed by atoms with Crippen molar-refractivity contribution in [2.45, 2.75) is 0 Å². The molecular weight excluding hydrogens is 348 g/mol. The largest absolute Gasteiger partial charge is 0.486 e. The number of carbonyl (C=O) groups excluding carboxylic acids is 1. The molecule has 0 saturated carbocycles. The minimum Gasteiger partial charge on any atom is -0.486 e. The maximum absolute atomic E-state index is 12.1. The molecular formula is C13H16BrClN2O3. The maximum Gasteiger partial charge on any atom is 0.251 e. The van der Waals surface area contributed by atoms with Crippen molar-refractivity contribution in [1.82, 2.24) is 10.6 Å². The van der Waals surface area contributed by atoms with Gasteiger partial charge in [0.1, 0.15) is 13.2 Å². The summed E-state index contributed by atoms with van der Waals surface area (Å²) in [4.78, 5) is 12.1. The number of ether oxygens (including phenoxy) is 2. The molecule has 7 heteroatoms. The van der Waals surface area contributed by atoms with Crippen LogP contribution in [-0.4, -0.2) is 38.8 Å². The van der Waals surface area contributed by atoms with Gasteiger partial charge in [0.15, 0.2) is 11.5 Å². The van der Waals surface area contributed by atoms with Crippen LogP contribution < -0.4 is 20.1 Å². The second-order valence-corrected chi connectivity index (χ2v) is 5.57. The molecule has 1 aromatic carbocycles. The normalized spacial score (nSPS) is 16.9. The fourth-order valence-electron chi connectivity index (χ4n) is 2.07. The summed E-state index contributed by atoms with van der Waals surface area (Å²) in [5.41, 5.74) is 0.586. The van der Waals surface area contributed by atoms with Crippen LogP contribution in [0.3, 0.4) is 0 Å². The molecule has 2 N–H and O–H groups in total. The number of hydrogen-bond donors (Lipinski definition) is 2. The van der Waals surface area contributed by atoms with Gasteiger partial charge in [-0.15, -0.1) is 12.4 Å². The molecule has 20 heavy (non-hydrogen) atoms. The summed E-state index contributed by atoms with van der Waals surface area (Å²) in [7, 11) is 0. The summed E-state index contributed by atoms with van der Waals surface area (Å²) in [6.07, 6.45) is 0. The molecule has 0 aromatic heterocycles. The van der Waals surface area contributed by atoms with Crippen LogP contribution in [0.1, 0.15) is 10.4 Å². The third-order valence-electron chi connectivity index (χ3n) is 3.28.